The first kappa shape index (κ1) is 19.1. The summed E-state index contributed by atoms with van der Waals surface area (Å²) < 4.78 is 16.6. The largest absolute Gasteiger partial charge is 0.489 e. The Bertz CT molecular complexity index is 796. The van der Waals surface area contributed by atoms with Crippen LogP contribution >= 0.6 is 0 Å². The number of rotatable bonds is 7. The summed E-state index contributed by atoms with van der Waals surface area (Å²) in [5.41, 5.74) is 5.65. The van der Waals surface area contributed by atoms with Gasteiger partial charge in [-0.1, -0.05) is 42.0 Å². The van der Waals surface area contributed by atoms with Gasteiger partial charge in [0.05, 0.1) is 25.8 Å². The first-order chi connectivity index (χ1) is 13.0. The van der Waals surface area contributed by atoms with Gasteiger partial charge in [0, 0.05) is 0 Å². The predicted molar refractivity (Wildman–Crippen MR) is 103 cm³/mol. The van der Waals surface area contributed by atoms with E-state index in [1.54, 1.807) is 13.1 Å². The zero-order valence-electron chi connectivity index (χ0n) is 15.6. The first-order valence-electron chi connectivity index (χ1n) is 8.91. The van der Waals surface area contributed by atoms with Gasteiger partial charge in [0.1, 0.15) is 12.4 Å². The maximum Gasteiger partial charge on any atom is 0.245 e. The summed E-state index contributed by atoms with van der Waals surface area (Å²) in [4.78, 5) is 11.9. The molecule has 0 atom stereocenters. The summed E-state index contributed by atoms with van der Waals surface area (Å²) in [5, 5.41) is 3.99. The Hall–Kier alpha value is -2.70. The second-order valence-corrected chi connectivity index (χ2v) is 6.65. The lowest BCUT2D eigenvalue weighted by Crippen LogP contribution is -2.33. The molecule has 2 aromatic carbocycles. The number of hydrazone groups is 1. The molecule has 6 heteroatoms. The minimum atomic E-state index is -0.858. The van der Waals surface area contributed by atoms with Gasteiger partial charge >= 0.3 is 0 Å². The second kappa shape index (κ2) is 8.79. The summed E-state index contributed by atoms with van der Waals surface area (Å²) in [6, 6.07) is 15.8. The molecule has 0 unspecified atom stereocenters. The van der Waals surface area contributed by atoms with Gasteiger partial charge < -0.3 is 14.2 Å². The van der Waals surface area contributed by atoms with Gasteiger partial charge in [-0.2, -0.15) is 5.10 Å². The van der Waals surface area contributed by atoms with E-state index in [4.69, 9.17) is 14.2 Å². The van der Waals surface area contributed by atoms with Crippen LogP contribution in [0.5, 0.6) is 5.75 Å². The van der Waals surface area contributed by atoms with E-state index >= 15 is 0 Å². The van der Waals surface area contributed by atoms with Crippen molar-refractivity contribution in [3.05, 3.63) is 65.2 Å². The molecular formula is C21H24N2O4. The van der Waals surface area contributed by atoms with Crippen LogP contribution in [0.1, 0.15) is 30.0 Å². The molecule has 0 radical (unpaired) electrons. The molecule has 0 spiro atoms. The number of nitrogens with one attached hydrogen (secondary N) is 1. The van der Waals surface area contributed by atoms with Crippen LogP contribution in [0, 0.1) is 6.92 Å². The van der Waals surface area contributed by atoms with Crippen molar-refractivity contribution in [2.45, 2.75) is 32.7 Å². The van der Waals surface area contributed by atoms with E-state index in [-0.39, 0.29) is 12.3 Å². The van der Waals surface area contributed by atoms with Gasteiger partial charge in [-0.3, -0.25) is 4.79 Å². The lowest BCUT2D eigenvalue weighted by atomic mass is 10.2. The van der Waals surface area contributed by atoms with E-state index in [1.807, 2.05) is 24.3 Å². The van der Waals surface area contributed by atoms with Crippen LogP contribution in [0.2, 0.25) is 0 Å². The fourth-order valence-corrected chi connectivity index (χ4v) is 2.70. The molecule has 0 bridgehead atoms. The van der Waals surface area contributed by atoms with Crippen LogP contribution in [0.25, 0.3) is 0 Å². The van der Waals surface area contributed by atoms with Crippen molar-refractivity contribution < 1.29 is 19.0 Å². The summed E-state index contributed by atoms with van der Waals surface area (Å²) >= 11 is 0. The number of ether oxygens (including phenoxy) is 3. The highest BCUT2D eigenvalue weighted by Gasteiger charge is 2.33. The molecule has 3 rings (SSSR count). The SMILES string of the molecule is Cc1ccc(COc2cccc(/C=N\NC(=O)CC3(C)OCCO3)c2)cc1. The molecular weight excluding hydrogens is 344 g/mol. The van der Waals surface area contributed by atoms with Crippen molar-refractivity contribution in [2.75, 3.05) is 13.2 Å². The summed E-state index contributed by atoms with van der Waals surface area (Å²) in [7, 11) is 0. The third-order valence-corrected chi connectivity index (χ3v) is 4.17. The summed E-state index contributed by atoms with van der Waals surface area (Å²) in [6.07, 6.45) is 1.68. The van der Waals surface area contributed by atoms with Gasteiger partial charge in [-0.25, -0.2) is 5.43 Å². The van der Waals surface area contributed by atoms with Crippen LogP contribution in [-0.2, 0) is 20.9 Å². The number of hydrogen-bond acceptors (Lipinski definition) is 5. The summed E-state index contributed by atoms with van der Waals surface area (Å²) in [6.45, 7) is 5.31. The maximum absolute atomic E-state index is 11.9. The fourth-order valence-electron chi connectivity index (χ4n) is 2.70. The highest BCUT2D eigenvalue weighted by Crippen LogP contribution is 2.22. The molecule has 27 heavy (non-hydrogen) atoms. The van der Waals surface area contributed by atoms with Crippen molar-refractivity contribution >= 4 is 12.1 Å². The van der Waals surface area contributed by atoms with E-state index in [2.05, 4.69) is 41.7 Å². The number of nitrogens with zero attached hydrogens (tertiary/aromatic N) is 1. The molecule has 6 nitrogen and oxygen atoms in total. The zero-order valence-corrected chi connectivity index (χ0v) is 15.6. The minimum absolute atomic E-state index is 0.101. The van der Waals surface area contributed by atoms with Crippen LogP contribution in [-0.4, -0.2) is 31.1 Å². The van der Waals surface area contributed by atoms with E-state index < -0.39 is 5.79 Å². The van der Waals surface area contributed by atoms with Crippen LogP contribution in [0.4, 0.5) is 0 Å². The van der Waals surface area contributed by atoms with Crippen molar-refractivity contribution in [1.29, 1.82) is 0 Å². The van der Waals surface area contributed by atoms with Crippen molar-refractivity contribution in [3.63, 3.8) is 0 Å². The number of amides is 1. The lowest BCUT2D eigenvalue weighted by Gasteiger charge is -2.20. The van der Waals surface area contributed by atoms with E-state index in [0.29, 0.717) is 19.8 Å². The first-order valence-corrected chi connectivity index (χ1v) is 8.91. The highest BCUT2D eigenvalue weighted by molar-refractivity contribution is 5.83. The summed E-state index contributed by atoms with van der Waals surface area (Å²) in [5.74, 6) is -0.378. The standard InChI is InChI=1S/C21H24N2O4/c1-16-6-8-17(9-7-16)15-25-19-5-3-4-18(12-19)14-22-23-20(24)13-21(2)26-10-11-27-21/h3-9,12,14H,10-11,13,15H2,1-2H3,(H,23,24)/b22-14-. The second-order valence-electron chi connectivity index (χ2n) is 6.65. The average Bonchev–Trinajstić information content (AvgIpc) is 3.07. The van der Waals surface area contributed by atoms with E-state index in [0.717, 1.165) is 16.9 Å². The fraction of sp³-hybridized carbons (Fsp3) is 0.333. The molecule has 1 fully saturated rings. The Morgan fingerprint density at radius 3 is 2.70 bits per heavy atom. The van der Waals surface area contributed by atoms with Gasteiger partial charge in [0.15, 0.2) is 5.79 Å². The molecule has 0 aliphatic carbocycles. The molecule has 1 aliphatic rings. The quantitative estimate of drug-likeness (QED) is 0.602. The Morgan fingerprint density at radius 1 is 1.22 bits per heavy atom. The molecule has 1 heterocycles. The molecule has 1 saturated heterocycles. The number of hydrogen-bond donors (Lipinski definition) is 1. The van der Waals surface area contributed by atoms with Gasteiger partial charge in [-0.05, 0) is 37.1 Å². The normalized spacial score (nSPS) is 15.8. The topological polar surface area (TPSA) is 69.2 Å². The zero-order chi connectivity index (χ0) is 19.1. The highest BCUT2D eigenvalue weighted by atomic mass is 16.7. The Kier molecular flexibility index (Phi) is 6.21. The number of carbonyl (C=O) groups excluding carboxylic acids is 1. The van der Waals surface area contributed by atoms with Gasteiger partial charge in [0.2, 0.25) is 5.91 Å². The predicted octanol–water partition coefficient (Wildman–Crippen LogP) is 3.18. The Labute approximate surface area is 159 Å². The molecule has 142 valence electrons. The van der Waals surface area contributed by atoms with E-state index in [9.17, 15) is 4.79 Å². The van der Waals surface area contributed by atoms with Crippen molar-refractivity contribution in [2.24, 2.45) is 5.10 Å². The van der Waals surface area contributed by atoms with Crippen LogP contribution in [0.15, 0.2) is 53.6 Å². The van der Waals surface area contributed by atoms with Gasteiger partial charge in [-0.15, -0.1) is 0 Å². The molecule has 2 aromatic rings. The smallest absolute Gasteiger partial charge is 0.245 e. The van der Waals surface area contributed by atoms with Crippen molar-refractivity contribution in [3.8, 4) is 5.75 Å². The third-order valence-electron chi connectivity index (χ3n) is 4.17. The number of carbonyl (C=O) groups is 1. The van der Waals surface area contributed by atoms with Crippen LogP contribution < -0.4 is 10.2 Å². The molecule has 0 aromatic heterocycles. The Morgan fingerprint density at radius 2 is 1.96 bits per heavy atom. The molecule has 0 saturated carbocycles. The molecule has 1 aliphatic heterocycles. The van der Waals surface area contributed by atoms with E-state index in [1.165, 1.54) is 5.56 Å². The monoisotopic (exact) mass is 368 g/mol. The number of aryl methyl sites for hydroxylation is 1. The lowest BCUT2D eigenvalue weighted by molar-refractivity contribution is -0.159. The molecule has 1 N–H and O–H groups in total. The average molecular weight is 368 g/mol. The Balaban J connectivity index is 1.50. The number of benzene rings is 2. The maximum atomic E-state index is 11.9. The third kappa shape index (κ3) is 5.91. The van der Waals surface area contributed by atoms with Crippen molar-refractivity contribution in [1.82, 2.24) is 5.43 Å². The molecule has 1 amide bonds. The van der Waals surface area contributed by atoms with Gasteiger partial charge in [0.25, 0.3) is 0 Å². The minimum Gasteiger partial charge on any atom is -0.489 e. The van der Waals surface area contributed by atoms with Crippen LogP contribution in [0.3, 0.4) is 0 Å².